The van der Waals surface area contributed by atoms with E-state index < -0.39 is 5.41 Å². The van der Waals surface area contributed by atoms with E-state index in [4.69, 9.17) is 4.74 Å². The maximum absolute atomic E-state index is 13.2. The van der Waals surface area contributed by atoms with Crippen molar-refractivity contribution in [3.8, 4) is 5.75 Å². The molecule has 5 nitrogen and oxygen atoms in total. The van der Waals surface area contributed by atoms with E-state index in [-0.39, 0.29) is 11.8 Å². The molecular weight excluding hydrogens is 420 g/mol. The standard InChI is InChI=1S/C26H28N2O3S/c1-26(2,21-9-4-3-5-10-21)25(30)28-15-13-27(14-16-28)24(29)20-8-6-11-22(18-20)31-19-23-12-7-17-32-23/h3-12,17-18H,13-16,19H2,1-2H3. The van der Waals surface area contributed by atoms with Gasteiger partial charge in [-0.3, -0.25) is 9.59 Å². The van der Waals surface area contributed by atoms with Crippen LogP contribution in [-0.2, 0) is 16.8 Å². The molecule has 0 bridgehead atoms. The lowest BCUT2D eigenvalue weighted by atomic mass is 9.83. The van der Waals surface area contributed by atoms with Crippen molar-refractivity contribution < 1.29 is 14.3 Å². The lowest BCUT2D eigenvalue weighted by Crippen LogP contribution is -2.54. The number of rotatable bonds is 6. The minimum atomic E-state index is -0.596. The van der Waals surface area contributed by atoms with Crippen LogP contribution in [0.15, 0.2) is 72.1 Å². The number of benzene rings is 2. The summed E-state index contributed by atoms with van der Waals surface area (Å²) in [6.45, 7) is 6.54. The first-order valence-corrected chi connectivity index (χ1v) is 11.7. The SMILES string of the molecule is CC(C)(C(=O)N1CCN(C(=O)c2cccc(OCc3cccs3)c2)CC1)c1ccccc1. The number of ether oxygens (including phenoxy) is 1. The number of thiophene rings is 1. The molecule has 166 valence electrons. The number of hydrogen-bond donors (Lipinski definition) is 0. The van der Waals surface area contributed by atoms with E-state index in [1.165, 1.54) is 0 Å². The van der Waals surface area contributed by atoms with Gasteiger partial charge >= 0.3 is 0 Å². The molecule has 0 radical (unpaired) electrons. The van der Waals surface area contributed by atoms with Crippen LogP contribution < -0.4 is 4.74 Å². The van der Waals surface area contributed by atoms with Crippen molar-refractivity contribution in [1.29, 1.82) is 0 Å². The molecule has 0 saturated carbocycles. The molecule has 2 aromatic carbocycles. The molecule has 2 amide bonds. The topological polar surface area (TPSA) is 49.9 Å². The summed E-state index contributed by atoms with van der Waals surface area (Å²) in [4.78, 5) is 31.1. The van der Waals surface area contributed by atoms with Gasteiger partial charge in [0.1, 0.15) is 12.4 Å². The zero-order valence-corrected chi connectivity index (χ0v) is 19.3. The molecule has 0 unspecified atom stereocenters. The van der Waals surface area contributed by atoms with E-state index in [0.29, 0.717) is 44.1 Å². The van der Waals surface area contributed by atoms with Crippen LogP contribution >= 0.6 is 11.3 Å². The molecule has 0 spiro atoms. The van der Waals surface area contributed by atoms with Crippen molar-refractivity contribution in [2.45, 2.75) is 25.9 Å². The van der Waals surface area contributed by atoms with E-state index in [0.717, 1.165) is 10.4 Å². The van der Waals surface area contributed by atoms with Crippen molar-refractivity contribution >= 4 is 23.2 Å². The molecule has 1 saturated heterocycles. The monoisotopic (exact) mass is 448 g/mol. The Morgan fingerprint density at radius 3 is 2.31 bits per heavy atom. The van der Waals surface area contributed by atoms with Gasteiger partial charge in [-0.1, -0.05) is 42.5 Å². The van der Waals surface area contributed by atoms with Gasteiger partial charge in [0, 0.05) is 36.6 Å². The highest BCUT2D eigenvalue weighted by atomic mass is 32.1. The molecule has 3 aromatic rings. The quantitative estimate of drug-likeness (QED) is 0.554. The van der Waals surface area contributed by atoms with Gasteiger partial charge in [-0.15, -0.1) is 11.3 Å². The minimum absolute atomic E-state index is 0.0269. The highest BCUT2D eigenvalue weighted by Gasteiger charge is 2.35. The van der Waals surface area contributed by atoms with Gasteiger partial charge in [0.2, 0.25) is 5.91 Å². The van der Waals surface area contributed by atoms with E-state index in [1.54, 1.807) is 17.4 Å². The summed E-state index contributed by atoms with van der Waals surface area (Å²) in [5, 5.41) is 2.02. The molecule has 4 rings (SSSR count). The highest BCUT2D eigenvalue weighted by molar-refractivity contribution is 7.09. The molecule has 1 fully saturated rings. The van der Waals surface area contributed by atoms with Crippen LogP contribution in [0.5, 0.6) is 5.75 Å². The third-order valence-corrected chi connectivity index (χ3v) is 6.78. The molecule has 32 heavy (non-hydrogen) atoms. The zero-order chi connectivity index (χ0) is 22.6. The molecular formula is C26H28N2O3S. The van der Waals surface area contributed by atoms with Gasteiger partial charge in [0.15, 0.2) is 0 Å². The molecule has 1 aromatic heterocycles. The van der Waals surface area contributed by atoms with Crippen LogP contribution in [0.25, 0.3) is 0 Å². The summed E-state index contributed by atoms with van der Waals surface area (Å²) in [6, 6.07) is 21.2. The van der Waals surface area contributed by atoms with Crippen LogP contribution in [-0.4, -0.2) is 47.8 Å². The van der Waals surface area contributed by atoms with Crippen LogP contribution in [0.4, 0.5) is 0 Å². The number of carbonyl (C=O) groups is 2. The number of piperazine rings is 1. The molecule has 1 aliphatic rings. The molecule has 6 heteroatoms. The first-order chi connectivity index (χ1) is 15.4. The van der Waals surface area contributed by atoms with Crippen LogP contribution in [0.2, 0.25) is 0 Å². The Morgan fingerprint density at radius 1 is 0.906 bits per heavy atom. The third-order valence-electron chi connectivity index (χ3n) is 5.93. The molecule has 2 heterocycles. The minimum Gasteiger partial charge on any atom is -0.488 e. The first kappa shape index (κ1) is 22.1. The normalized spacial score (nSPS) is 14.3. The van der Waals surface area contributed by atoms with Crippen molar-refractivity contribution in [3.05, 3.63) is 88.1 Å². The average Bonchev–Trinajstić information content (AvgIpc) is 3.36. The molecule has 1 aliphatic heterocycles. The fourth-order valence-electron chi connectivity index (χ4n) is 3.94. The number of hydrogen-bond acceptors (Lipinski definition) is 4. The summed E-state index contributed by atoms with van der Waals surface area (Å²) < 4.78 is 5.84. The predicted octanol–water partition coefficient (Wildman–Crippen LogP) is 4.59. The fraction of sp³-hybridized carbons (Fsp3) is 0.308. The zero-order valence-electron chi connectivity index (χ0n) is 18.5. The average molecular weight is 449 g/mol. The summed E-state index contributed by atoms with van der Waals surface area (Å²) in [5.41, 5.74) is 1.02. The Labute approximate surface area is 193 Å². The van der Waals surface area contributed by atoms with Gasteiger partial charge in [-0.2, -0.15) is 0 Å². The Hall–Kier alpha value is -3.12. The summed E-state index contributed by atoms with van der Waals surface area (Å²) in [5.74, 6) is 0.753. The predicted molar refractivity (Wildman–Crippen MR) is 127 cm³/mol. The maximum Gasteiger partial charge on any atom is 0.254 e. The van der Waals surface area contributed by atoms with Crippen molar-refractivity contribution in [1.82, 2.24) is 9.80 Å². The molecule has 0 N–H and O–H groups in total. The van der Waals surface area contributed by atoms with E-state index >= 15 is 0 Å². The number of carbonyl (C=O) groups excluding carboxylic acids is 2. The molecule has 0 atom stereocenters. The van der Waals surface area contributed by atoms with Crippen molar-refractivity contribution in [2.75, 3.05) is 26.2 Å². The Balaban J connectivity index is 1.35. The molecule has 0 aliphatic carbocycles. The van der Waals surface area contributed by atoms with Gasteiger partial charge in [-0.05, 0) is 49.1 Å². The van der Waals surface area contributed by atoms with Gasteiger partial charge < -0.3 is 14.5 Å². The van der Waals surface area contributed by atoms with Gasteiger partial charge in [0.25, 0.3) is 5.91 Å². The highest BCUT2D eigenvalue weighted by Crippen LogP contribution is 2.26. The van der Waals surface area contributed by atoms with E-state index in [9.17, 15) is 9.59 Å². The number of nitrogens with zero attached hydrogens (tertiary/aromatic N) is 2. The van der Waals surface area contributed by atoms with Crippen molar-refractivity contribution in [2.24, 2.45) is 0 Å². The third kappa shape index (κ3) is 4.86. The first-order valence-electron chi connectivity index (χ1n) is 10.8. The lowest BCUT2D eigenvalue weighted by Gasteiger charge is -2.38. The smallest absolute Gasteiger partial charge is 0.254 e. The maximum atomic E-state index is 13.2. The largest absolute Gasteiger partial charge is 0.488 e. The Kier molecular flexibility index (Phi) is 6.61. The van der Waals surface area contributed by atoms with Gasteiger partial charge in [-0.25, -0.2) is 0 Å². The Morgan fingerprint density at radius 2 is 1.62 bits per heavy atom. The van der Waals surface area contributed by atoms with Crippen LogP contribution in [0, 0.1) is 0 Å². The van der Waals surface area contributed by atoms with Gasteiger partial charge in [0.05, 0.1) is 5.41 Å². The lowest BCUT2D eigenvalue weighted by molar-refractivity contribution is -0.137. The second-order valence-electron chi connectivity index (χ2n) is 8.47. The summed E-state index contributed by atoms with van der Waals surface area (Å²) >= 11 is 1.65. The number of amides is 2. The summed E-state index contributed by atoms with van der Waals surface area (Å²) in [6.07, 6.45) is 0. The second-order valence-corrected chi connectivity index (χ2v) is 9.50. The van der Waals surface area contributed by atoms with E-state index in [2.05, 4.69) is 0 Å². The summed E-state index contributed by atoms with van der Waals surface area (Å²) in [7, 11) is 0. The van der Waals surface area contributed by atoms with Crippen LogP contribution in [0.1, 0.15) is 34.6 Å². The fourth-order valence-corrected chi connectivity index (χ4v) is 4.55. The Bertz CT molecular complexity index is 1060. The van der Waals surface area contributed by atoms with Crippen LogP contribution in [0.3, 0.4) is 0 Å². The van der Waals surface area contributed by atoms with Crippen molar-refractivity contribution in [3.63, 3.8) is 0 Å². The van der Waals surface area contributed by atoms with E-state index in [1.807, 2.05) is 89.7 Å². The second kappa shape index (κ2) is 9.57.